The fourth-order valence-corrected chi connectivity index (χ4v) is 3.40. The summed E-state index contributed by atoms with van der Waals surface area (Å²) in [5, 5.41) is 4.56. The third kappa shape index (κ3) is 4.83. The Morgan fingerprint density at radius 2 is 2.19 bits per heavy atom. The minimum absolute atomic E-state index is 0.293. The van der Waals surface area contributed by atoms with Crippen LogP contribution in [0.2, 0.25) is 0 Å². The summed E-state index contributed by atoms with van der Waals surface area (Å²) in [7, 11) is 4.05. The zero-order valence-electron chi connectivity index (χ0n) is 16.5. The second-order valence-electron chi connectivity index (χ2n) is 7.28. The predicted molar refractivity (Wildman–Crippen MR) is 105 cm³/mol. The van der Waals surface area contributed by atoms with Crippen molar-refractivity contribution in [3.8, 4) is 0 Å². The van der Waals surface area contributed by atoms with E-state index >= 15 is 0 Å². The minimum Gasteiger partial charge on any atom is -0.376 e. The summed E-state index contributed by atoms with van der Waals surface area (Å²) in [6.07, 6.45) is 6.43. The van der Waals surface area contributed by atoms with Gasteiger partial charge in [-0.05, 0) is 44.4 Å². The Hall–Kier alpha value is -1.92. The molecule has 3 rings (SSSR count). The number of hydrogen-bond acceptors (Lipinski definition) is 5. The number of ether oxygens (including phenoxy) is 1. The molecule has 1 aliphatic rings. The van der Waals surface area contributed by atoms with Crippen LogP contribution in [0.1, 0.15) is 30.2 Å². The molecule has 6 nitrogen and oxygen atoms in total. The van der Waals surface area contributed by atoms with Gasteiger partial charge in [0.2, 0.25) is 0 Å². The average molecular weight is 358 g/mol. The first-order valence-corrected chi connectivity index (χ1v) is 9.54. The van der Waals surface area contributed by atoms with Gasteiger partial charge in [-0.3, -0.25) is 9.58 Å². The van der Waals surface area contributed by atoms with Crippen LogP contribution in [-0.2, 0) is 24.2 Å². The van der Waals surface area contributed by atoms with Crippen LogP contribution in [0.5, 0.6) is 0 Å². The number of pyridine rings is 1. The van der Waals surface area contributed by atoms with Gasteiger partial charge in [0.25, 0.3) is 0 Å². The molecule has 0 unspecified atom stereocenters. The maximum absolute atomic E-state index is 6.01. The molecule has 0 spiro atoms. The SMILES string of the molecule is CCn1cc(CN2CCO[C@@H](CCc3ccnc(N(C)C)c3)C2)c(C)n1. The summed E-state index contributed by atoms with van der Waals surface area (Å²) >= 11 is 0. The zero-order chi connectivity index (χ0) is 18.5. The first-order valence-electron chi connectivity index (χ1n) is 9.54. The van der Waals surface area contributed by atoms with Crippen molar-refractivity contribution in [2.75, 3.05) is 38.7 Å². The lowest BCUT2D eigenvalue weighted by Crippen LogP contribution is -2.42. The van der Waals surface area contributed by atoms with Crippen molar-refractivity contribution in [3.05, 3.63) is 41.3 Å². The van der Waals surface area contributed by atoms with Gasteiger partial charge in [-0.1, -0.05) is 0 Å². The summed E-state index contributed by atoms with van der Waals surface area (Å²) in [5.74, 6) is 1.01. The minimum atomic E-state index is 0.293. The van der Waals surface area contributed by atoms with E-state index in [4.69, 9.17) is 4.74 Å². The van der Waals surface area contributed by atoms with Crippen molar-refractivity contribution in [3.63, 3.8) is 0 Å². The van der Waals surface area contributed by atoms with Crippen molar-refractivity contribution < 1.29 is 4.74 Å². The smallest absolute Gasteiger partial charge is 0.128 e. The van der Waals surface area contributed by atoms with Crippen LogP contribution in [0.3, 0.4) is 0 Å². The fraction of sp³-hybridized carbons (Fsp3) is 0.600. The van der Waals surface area contributed by atoms with E-state index in [-0.39, 0.29) is 0 Å². The molecule has 0 radical (unpaired) electrons. The molecule has 2 aromatic heterocycles. The van der Waals surface area contributed by atoms with Gasteiger partial charge in [-0.2, -0.15) is 5.10 Å². The molecule has 1 atom stereocenters. The van der Waals surface area contributed by atoms with Crippen LogP contribution >= 0.6 is 0 Å². The van der Waals surface area contributed by atoms with Gasteiger partial charge in [0.05, 0.1) is 18.4 Å². The van der Waals surface area contributed by atoms with Crippen molar-refractivity contribution in [2.45, 2.75) is 45.9 Å². The van der Waals surface area contributed by atoms with E-state index in [2.05, 4.69) is 47.2 Å². The summed E-state index contributed by atoms with van der Waals surface area (Å²) in [6, 6.07) is 4.28. The van der Waals surface area contributed by atoms with Gasteiger partial charge in [0, 0.05) is 58.2 Å². The Morgan fingerprint density at radius 1 is 1.35 bits per heavy atom. The Morgan fingerprint density at radius 3 is 2.92 bits per heavy atom. The lowest BCUT2D eigenvalue weighted by Gasteiger charge is -2.33. The topological polar surface area (TPSA) is 46.4 Å². The number of aryl methyl sites for hydroxylation is 3. The molecule has 1 aliphatic heterocycles. The molecule has 0 amide bonds. The first-order chi connectivity index (χ1) is 12.5. The highest BCUT2D eigenvalue weighted by Crippen LogP contribution is 2.17. The van der Waals surface area contributed by atoms with Gasteiger partial charge in [0.1, 0.15) is 5.82 Å². The van der Waals surface area contributed by atoms with Crippen molar-refractivity contribution >= 4 is 5.82 Å². The molecular weight excluding hydrogens is 326 g/mol. The summed E-state index contributed by atoms with van der Waals surface area (Å²) in [4.78, 5) is 8.93. The van der Waals surface area contributed by atoms with Crippen LogP contribution in [0.25, 0.3) is 0 Å². The highest BCUT2D eigenvalue weighted by molar-refractivity contribution is 5.39. The molecule has 0 N–H and O–H groups in total. The molecule has 6 heteroatoms. The lowest BCUT2D eigenvalue weighted by molar-refractivity contribution is -0.0346. The monoisotopic (exact) mass is 357 g/mol. The summed E-state index contributed by atoms with van der Waals surface area (Å²) in [5.41, 5.74) is 3.80. The van der Waals surface area contributed by atoms with Crippen LogP contribution in [-0.4, -0.2) is 59.6 Å². The molecule has 1 fully saturated rings. The molecule has 2 aromatic rings. The number of aromatic nitrogens is 3. The number of hydrogen-bond donors (Lipinski definition) is 0. The summed E-state index contributed by atoms with van der Waals surface area (Å²) < 4.78 is 8.04. The average Bonchev–Trinajstić information content (AvgIpc) is 3.00. The molecule has 1 saturated heterocycles. The standard InChI is InChI=1S/C20H31N5O/c1-5-25-14-18(16(2)22-25)13-24-10-11-26-19(15-24)7-6-17-8-9-21-20(12-17)23(3)4/h8-9,12,14,19H,5-7,10-11,13,15H2,1-4H3/t19-/m0/s1. The fourth-order valence-electron chi connectivity index (χ4n) is 3.40. The van der Waals surface area contributed by atoms with Crippen LogP contribution < -0.4 is 4.90 Å². The van der Waals surface area contributed by atoms with E-state index in [9.17, 15) is 0 Å². The van der Waals surface area contributed by atoms with Crippen LogP contribution in [0, 0.1) is 6.92 Å². The van der Waals surface area contributed by atoms with E-state index < -0.39 is 0 Å². The van der Waals surface area contributed by atoms with Crippen molar-refractivity contribution in [1.29, 1.82) is 0 Å². The van der Waals surface area contributed by atoms with Crippen molar-refractivity contribution in [1.82, 2.24) is 19.7 Å². The van der Waals surface area contributed by atoms with E-state index in [1.807, 2.05) is 29.9 Å². The third-order valence-corrected chi connectivity index (χ3v) is 5.01. The molecule has 0 saturated carbocycles. The van der Waals surface area contributed by atoms with Crippen LogP contribution in [0.4, 0.5) is 5.82 Å². The Balaban J connectivity index is 1.53. The van der Waals surface area contributed by atoms with Gasteiger partial charge in [-0.25, -0.2) is 4.98 Å². The number of nitrogens with zero attached hydrogens (tertiary/aromatic N) is 5. The number of rotatable bonds is 7. The van der Waals surface area contributed by atoms with E-state index in [1.165, 1.54) is 11.1 Å². The largest absolute Gasteiger partial charge is 0.376 e. The van der Waals surface area contributed by atoms with Gasteiger partial charge < -0.3 is 9.64 Å². The molecule has 26 heavy (non-hydrogen) atoms. The second kappa shape index (κ2) is 8.64. The number of anilines is 1. The van der Waals surface area contributed by atoms with Gasteiger partial charge in [0.15, 0.2) is 0 Å². The normalized spacial score (nSPS) is 18.2. The molecule has 142 valence electrons. The predicted octanol–water partition coefficient (Wildman–Crippen LogP) is 2.51. The van der Waals surface area contributed by atoms with E-state index in [0.29, 0.717) is 6.10 Å². The second-order valence-corrected chi connectivity index (χ2v) is 7.28. The highest BCUT2D eigenvalue weighted by Gasteiger charge is 2.21. The van der Waals surface area contributed by atoms with E-state index in [0.717, 1.165) is 57.1 Å². The van der Waals surface area contributed by atoms with Crippen LogP contribution in [0.15, 0.2) is 24.5 Å². The maximum atomic E-state index is 6.01. The Kier molecular flexibility index (Phi) is 6.27. The third-order valence-electron chi connectivity index (χ3n) is 5.01. The summed E-state index contributed by atoms with van der Waals surface area (Å²) in [6.45, 7) is 8.91. The van der Waals surface area contributed by atoms with E-state index in [1.54, 1.807) is 0 Å². The molecule has 0 aliphatic carbocycles. The van der Waals surface area contributed by atoms with Gasteiger partial charge >= 0.3 is 0 Å². The maximum Gasteiger partial charge on any atom is 0.128 e. The Labute approximate surface area is 156 Å². The lowest BCUT2D eigenvalue weighted by atomic mass is 10.1. The molecule has 0 aromatic carbocycles. The molecular formula is C20H31N5O. The van der Waals surface area contributed by atoms with Crippen molar-refractivity contribution in [2.24, 2.45) is 0 Å². The highest BCUT2D eigenvalue weighted by atomic mass is 16.5. The zero-order valence-corrected chi connectivity index (χ0v) is 16.5. The van der Waals surface area contributed by atoms with Gasteiger partial charge in [-0.15, -0.1) is 0 Å². The number of morpholine rings is 1. The quantitative estimate of drug-likeness (QED) is 0.762. The molecule has 0 bridgehead atoms. The molecule has 3 heterocycles. The first kappa shape index (κ1) is 18.9. The Bertz CT molecular complexity index is 712.